The number of piperazine rings is 1. The fourth-order valence-electron chi connectivity index (χ4n) is 3.13. The number of rotatable bonds is 4. The van der Waals surface area contributed by atoms with Gasteiger partial charge in [0, 0.05) is 38.1 Å². The van der Waals surface area contributed by atoms with Gasteiger partial charge in [-0.25, -0.2) is 14.4 Å². The van der Waals surface area contributed by atoms with Crippen molar-refractivity contribution in [3.8, 4) is 0 Å². The minimum Gasteiger partial charge on any atom is -0.368 e. The highest BCUT2D eigenvalue weighted by atomic mass is 32.1. The van der Waals surface area contributed by atoms with E-state index in [9.17, 15) is 9.18 Å². The lowest BCUT2D eigenvalue weighted by Crippen LogP contribution is -2.46. The molecule has 28 heavy (non-hydrogen) atoms. The van der Waals surface area contributed by atoms with Crippen molar-refractivity contribution >= 4 is 34.7 Å². The largest absolute Gasteiger partial charge is 0.368 e. The summed E-state index contributed by atoms with van der Waals surface area (Å²) < 4.78 is 13.4. The van der Waals surface area contributed by atoms with E-state index < -0.39 is 0 Å². The van der Waals surface area contributed by atoms with Gasteiger partial charge in [-0.1, -0.05) is 6.07 Å². The van der Waals surface area contributed by atoms with Crippen LogP contribution in [0.1, 0.15) is 15.4 Å². The number of nitrogens with one attached hydrogen (secondary N) is 1. The standard InChI is InChI=1S/C19H19FN6OS/c1-13-17(28-12-22-13)18(27)24-19-21-6-5-16(23-19)26-9-7-25(8-10-26)15-4-2-3-14(20)11-15/h2-6,11-12H,7-10H2,1H3,(H,21,23,24,27). The molecule has 0 atom stereocenters. The number of nitrogens with zero attached hydrogens (tertiary/aromatic N) is 5. The number of amides is 1. The Hall–Kier alpha value is -3.07. The number of anilines is 3. The van der Waals surface area contributed by atoms with Crippen LogP contribution in [0, 0.1) is 12.7 Å². The van der Waals surface area contributed by atoms with E-state index >= 15 is 0 Å². The number of aromatic nitrogens is 3. The summed E-state index contributed by atoms with van der Waals surface area (Å²) in [5, 5.41) is 2.74. The van der Waals surface area contributed by atoms with E-state index in [4.69, 9.17) is 0 Å². The number of halogens is 1. The molecule has 1 amide bonds. The highest BCUT2D eigenvalue weighted by molar-refractivity contribution is 7.12. The first-order chi connectivity index (χ1) is 13.6. The van der Waals surface area contributed by atoms with E-state index in [1.54, 1.807) is 30.8 Å². The fraction of sp³-hybridized carbons (Fsp3) is 0.263. The minimum atomic E-state index is -0.256. The molecule has 0 radical (unpaired) electrons. The number of benzene rings is 1. The smallest absolute Gasteiger partial charge is 0.270 e. The van der Waals surface area contributed by atoms with Crippen LogP contribution in [0.4, 0.5) is 21.8 Å². The van der Waals surface area contributed by atoms with Crippen LogP contribution in [0.25, 0.3) is 0 Å². The van der Waals surface area contributed by atoms with Crippen LogP contribution in [0.15, 0.2) is 42.0 Å². The summed E-state index contributed by atoms with van der Waals surface area (Å²) in [7, 11) is 0. The number of thiazole rings is 1. The number of carbonyl (C=O) groups is 1. The number of aryl methyl sites for hydroxylation is 1. The summed E-state index contributed by atoms with van der Waals surface area (Å²) in [6.07, 6.45) is 1.64. The van der Waals surface area contributed by atoms with Crippen molar-refractivity contribution in [2.75, 3.05) is 41.3 Å². The summed E-state index contributed by atoms with van der Waals surface area (Å²) >= 11 is 1.29. The first-order valence-electron chi connectivity index (χ1n) is 8.90. The van der Waals surface area contributed by atoms with Crippen molar-refractivity contribution < 1.29 is 9.18 Å². The summed E-state index contributed by atoms with van der Waals surface area (Å²) in [6, 6.07) is 8.46. The molecule has 144 valence electrons. The maximum absolute atomic E-state index is 13.4. The third-order valence-electron chi connectivity index (χ3n) is 4.59. The van der Waals surface area contributed by atoms with Gasteiger partial charge in [0.15, 0.2) is 0 Å². The highest BCUT2D eigenvalue weighted by Gasteiger charge is 2.20. The van der Waals surface area contributed by atoms with Gasteiger partial charge in [0.05, 0.1) is 11.2 Å². The Labute approximate surface area is 165 Å². The molecule has 3 aromatic rings. The summed E-state index contributed by atoms with van der Waals surface area (Å²) in [5.41, 5.74) is 3.21. The van der Waals surface area contributed by atoms with Crippen molar-refractivity contribution in [2.24, 2.45) is 0 Å². The molecular formula is C19H19FN6OS. The van der Waals surface area contributed by atoms with Gasteiger partial charge in [-0.05, 0) is 31.2 Å². The van der Waals surface area contributed by atoms with Crippen LogP contribution in [-0.2, 0) is 0 Å². The second kappa shape index (κ2) is 7.89. The molecule has 0 aliphatic carbocycles. The van der Waals surface area contributed by atoms with Crippen molar-refractivity contribution in [2.45, 2.75) is 6.92 Å². The van der Waals surface area contributed by atoms with Gasteiger partial charge in [0.2, 0.25) is 5.95 Å². The zero-order chi connectivity index (χ0) is 19.5. The molecule has 0 bridgehead atoms. The number of hydrogen-bond donors (Lipinski definition) is 1. The van der Waals surface area contributed by atoms with Gasteiger partial charge in [-0.3, -0.25) is 10.1 Å². The van der Waals surface area contributed by atoms with Gasteiger partial charge in [0.25, 0.3) is 5.91 Å². The van der Waals surface area contributed by atoms with Gasteiger partial charge in [-0.2, -0.15) is 4.98 Å². The lowest BCUT2D eigenvalue weighted by molar-refractivity contribution is 0.102. The minimum absolute atomic E-state index is 0.229. The summed E-state index contributed by atoms with van der Waals surface area (Å²) in [4.78, 5) is 29.9. The van der Waals surface area contributed by atoms with Crippen LogP contribution in [0.3, 0.4) is 0 Å². The lowest BCUT2D eigenvalue weighted by Gasteiger charge is -2.36. The van der Waals surface area contributed by atoms with Crippen molar-refractivity contribution in [1.82, 2.24) is 15.0 Å². The second-order valence-corrected chi connectivity index (χ2v) is 7.27. The maximum Gasteiger partial charge on any atom is 0.270 e. The third-order valence-corrected chi connectivity index (χ3v) is 5.52. The molecule has 4 rings (SSSR count). The Kier molecular flexibility index (Phi) is 5.16. The lowest BCUT2D eigenvalue weighted by atomic mass is 10.2. The molecule has 1 fully saturated rings. The van der Waals surface area contributed by atoms with Crippen LogP contribution in [0.5, 0.6) is 0 Å². The SMILES string of the molecule is Cc1ncsc1C(=O)Nc1nccc(N2CCN(c3cccc(F)c3)CC2)n1. The molecule has 1 saturated heterocycles. The molecule has 1 aliphatic heterocycles. The van der Waals surface area contributed by atoms with Crippen molar-refractivity contribution in [3.05, 3.63) is 58.4 Å². The highest BCUT2D eigenvalue weighted by Crippen LogP contribution is 2.21. The van der Waals surface area contributed by atoms with Crippen LogP contribution in [-0.4, -0.2) is 47.0 Å². The average Bonchev–Trinajstić information content (AvgIpc) is 3.14. The van der Waals surface area contributed by atoms with Crippen LogP contribution < -0.4 is 15.1 Å². The molecule has 3 heterocycles. The molecule has 9 heteroatoms. The molecule has 2 aromatic heterocycles. The van der Waals surface area contributed by atoms with E-state index in [0.717, 1.165) is 37.7 Å². The molecular weight excluding hydrogens is 379 g/mol. The first kappa shape index (κ1) is 18.3. The average molecular weight is 398 g/mol. The summed E-state index contributed by atoms with van der Waals surface area (Å²) in [5.74, 6) is 0.536. The number of carbonyl (C=O) groups excluding carboxylic acids is 1. The molecule has 1 N–H and O–H groups in total. The third kappa shape index (κ3) is 3.94. The van der Waals surface area contributed by atoms with Gasteiger partial charge >= 0.3 is 0 Å². The fourth-order valence-corrected chi connectivity index (χ4v) is 3.83. The quantitative estimate of drug-likeness (QED) is 0.728. The first-order valence-corrected chi connectivity index (χ1v) is 9.78. The topological polar surface area (TPSA) is 74.2 Å². The van der Waals surface area contributed by atoms with Gasteiger partial charge < -0.3 is 9.80 Å². The predicted octanol–water partition coefficient (Wildman–Crippen LogP) is 2.96. The van der Waals surface area contributed by atoms with E-state index in [1.165, 1.54) is 17.4 Å². The van der Waals surface area contributed by atoms with E-state index in [1.807, 2.05) is 12.1 Å². The van der Waals surface area contributed by atoms with Crippen LogP contribution >= 0.6 is 11.3 Å². The van der Waals surface area contributed by atoms with Crippen LogP contribution in [0.2, 0.25) is 0 Å². The number of hydrogen-bond acceptors (Lipinski definition) is 7. The molecule has 0 spiro atoms. The molecule has 1 aliphatic rings. The second-order valence-electron chi connectivity index (χ2n) is 6.41. The molecule has 0 unspecified atom stereocenters. The summed E-state index contributed by atoms with van der Waals surface area (Å²) in [6.45, 7) is 4.80. The monoisotopic (exact) mass is 398 g/mol. The van der Waals surface area contributed by atoms with Gasteiger partial charge in [-0.15, -0.1) is 11.3 Å². The van der Waals surface area contributed by atoms with Crippen molar-refractivity contribution in [1.29, 1.82) is 0 Å². The molecule has 7 nitrogen and oxygen atoms in total. The van der Waals surface area contributed by atoms with E-state index in [-0.39, 0.29) is 17.7 Å². The van der Waals surface area contributed by atoms with E-state index in [2.05, 4.69) is 30.1 Å². The Bertz CT molecular complexity index is 986. The van der Waals surface area contributed by atoms with Crippen molar-refractivity contribution in [3.63, 3.8) is 0 Å². The Morgan fingerprint density at radius 1 is 1.14 bits per heavy atom. The molecule has 1 aromatic carbocycles. The zero-order valence-electron chi connectivity index (χ0n) is 15.3. The Morgan fingerprint density at radius 3 is 2.64 bits per heavy atom. The predicted molar refractivity (Wildman–Crippen MR) is 108 cm³/mol. The van der Waals surface area contributed by atoms with E-state index in [0.29, 0.717) is 10.6 Å². The Morgan fingerprint density at radius 2 is 1.93 bits per heavy atom. The van der Waals surface area contributed by atoms with Gasteiger partial charge in [0.1, 0.15) is 16.5 Å². The maximum atomic E-state index is 13.4. The normalized spacial score (nSPS) is 14.2. The Balaban J connectivity index is 1.41. The zero-order valence-corrected chi connectivity index (χ0v) is 16.1. The molecule has 0 saturated carbocycles.